The van der Waals surface area contributed by atoms with Crippen molar-refractivity contribution in [1.82, 2.24) is 15.6 Å². The lowest BCUT2D eigenvalue weighted by atomic mass is 9.85. The van der Waals surface area contributed by atoms with Crippen LogP contribution in [0, 0.1) is 5.92 Å². The highest BCUT2D eigenvalue weighted by Gasteiger charge is 2.26. The monoisotopic (exact) mass is 353 g/mol. The molecule has 1 aromatic carbocycles. The molecule has 0 aliphatic heterocycles. The van der Waals surface area contributed by atoms with Gasteiger partial charge in [-0.3, -0.25) is 9.59 Å². The number of hydrogen-bond donors (Lipinski definition) is 3. The van der Waals surface area contributed by atoms with Crippen molar-refractivity contribution in [2.45, 2.75) is 57.4 Å². The van der Waals surface area contributed by atoms with Gasteiger partial charge in [0.05, 0.1) is 0 Å². The van der Waals surface area contributed by atoms with Gasteiger partial charge in [-0.1, -0.05) is 0 Å². The third-order valence-corrected chi connectivity index (χ3v) is 6.04. The molecule has 0 unspecified atom stereocenters. The molecule has 0 bridgehead atoms. The predicted molar refractivity (Wildman–Crippen MR) is 102 cm³/mol. The van der Waals surface area contributed by atoms with E-state index in [0.29, 0.717) is 0 Å². The Labute approximate surface area is 153 Å². The number of benzene rings is 1. The zero-order chi connectivity index (χ0) is 18.1. The smallest absolute Gasteiger partial charge is 0.251 e. The van der Waals surface area contributed by atoms with Crippen molar-refractivity contribution in [3.05, 3.63) is 35.0 Å². The van der Waals surface area contributed by atoms with Crippen LogP contribution in [0.4, 0.5) is 0 Å². The van der Waals surface area contributed by atoms with E-state index in [4.69, 9.17) is 0 Å². The molecule has 5 nitrogen and oxygen atoms in total. The van der Waals surface area contributed by atoms with Crippen LogP contribution in [0.3, 0.4) is 0 Å². The van der Waals surface area contributed by atoms with Crippen molar-refractivity contribution in [1.29, 1.82) is 0 Å². The van der Waals surface area contributed by atoms with Crippen molar-refractivity contribution in [2.75, 3.05) is 7.05 Å². The van der Waals surface area contributed by atoms with Crippen LogP contribution < -0.4 is 10.6 Å². The van der Waals surface area contributed by atoms with Gasteiger partial charge in [0.25, 0.3) is 5.91 Å². The molecule has 3 N–H and O–H groups in total. The second kappa shape index (κ2) is 7.14. The molecule has 2 aliphatic carbocycles. The lowest BCUT2D eigenvalue weighted by Gasteiger charge is -2.28. The molecule has 2 amide bonds. The van der Waals surface area contributed by atoms with Crippen molar-refractivity contribution >= 4 is 22.7 Å². The van der Waals surface area contributed by atoms with Crippen LogP contribution in [0.15, 0.2) is 18.2 Å². The lowest BCUT2D eigenvalue weighted by molar-refractivity contribution is -0.125. The average Bonchev–Trinajstić information content (AvgIpc) is 3.05. The molecule has 0 radical (unpaired) electrons. The summed E-state index contributed by atoms with van der Waals surface area (Å²) in [7, 11) is 1.69. The Balaban J connectivity index is 1.44. The Bertz CT molecular complexity index is 831. The summed E-state index contributed by atoms with van der Waals surface area (Å²) in [4.78, 5) is 28.0. The molecule has 5 heteroatoms. The minimum absolute atomic E-state index is 0.000975. The van der Waals surface area contributed by atoms with E-state index in [-0.39, 0.29) is 23.8 Å². The van der Waals surface area contributed by atoms with Crippen molar-refractivity contribution in [3.63, 3.8) is 0 Å². The number of fused-ring (bicyclic) bond motifs is 3. The molecule has 4 rings (SSSR count). The number of amides is 2. The number of H-pyrrole nitrogens is 1. The number of nitrogens with one attached hydrogen (secondary N) is 3. The second-order valence-corrected chi connectivity index (χ2v) is 7.69. The van der Waals surface area contributed by atoms with Gasteiger partial charge in [0.15, 0.2) is 0 Å². The summed E-state index contributed by atoms with van der Waals surface area (Å²) < 4.78 is 0. The van der Waals surface area contributed by atoms with Gasteiger partial charge in [-0.15, -0.1) is 0 Å². The number of rotatable bonds is 3. The van der Waals surface area contributed by atoms with Gasteiger partial charge >= 0.3 is 0 Å². The highest BCUT2D eigenvalue weighted by atomic mass is 16.2. The molecule has 1 aromatic heterocycles. The third-order valence-electron chi connectivity index (χ3n) is 6.04. The Kier molecular flexibility index (Phi) is 4.70. The summed E-state index contributed by atoms with van der Waals surface area (Å²) in [6, 6.07) is 6.15. The van der Waals surface area contributed by atoms with Gasteiger partial charge < -0.3 is 15.6 Å². The number of aromatic amines is 1. The van der Waals surface area contributed by atoms with Crippen molar-refractivity contribution in [3.8, 4) is 0 Å². The molecule has 2 aromatic rings. The van der Waals surface area contributed by atoms with E-state index in [1.54, 1.807) is 7.05 Å². The molecular weight excluding hydrogens is 326 g/mol. The summed E-state index contributed by atoms with van der Waals surface area (Å²) in [5.74, 6) is 0.217. The molecule has 1 fully saturated rings. The summed E-state index contributed by atoms with van der Waals surface area (Å²) in [6.07, 6.45) is 8.10. The fourth-order valence-electron chi connectivity index (χ4n) is 4.52. The molecule has 0 atom stereocenters. The first-order valence-electron chi connectivity index (χ1n) is 9.81. The molecule has 2 aliphatic rings. The molecule has 0 spiro atoms. The molecule has 0 saturated heterocycles. The zero-order valence-electron chi connectivity index (χ0n) is 15.4. The Hall–Kier alpha value is -2.30. The first kappa shape index (κ1) is 17.1. The van der Waals surface area contributed by atoms with Crippen LogP contribution in [-0.2, 0) is 17.6 Å². The summed E-state index contributed by atoms with van der Waals surface area (Å²) in [5.41, 5.74) is 4.61. The maximum Gasteiger partial charge on any atom is 0.251 e. The van der Waals surface area contributed by atoms with E-state index in [2.05, 4.69) is 15.6 Å². The first-order valence-corrected chi connectivity index (χ1v) is 9.81. The van der Waals surface area contributed by atoms with Crippen LogP contribution in [0.5, 0.6) is 0 Å². The van der Waals surface area contributed by atoms with Crippen molar-refractivity contribution < 1.29 is 9.59 Å². The Morgan fingerprint density at radius 1 is 1.08 bits per heavy atom. The number of carbonyl (C=O) groups is 2. The summed E-state index contributed by atoms with van der Waals surface area (Å²) in [5, 5.41) is 7.10. The van der Waals surface area contributed by atoms with E-state index in [1.807, 2.05) is 18.2 Å². The van der Waals surface area contributed by atoms with Gasteiger partial charge in [-0.2, -0.15) is 0 Å². The Morgan fingerprint density at radius 2 is 1.85 bits per heavy atom. The highest BCUT2D eigenvalue weighted by molar-refractivity contribution is 5.99. The lowest BCUT2D eigenvalue weighted by Crippen LogP contribution is -2.40. The summed E-state index contributed by atoms with van der Waals surface area (Å²) >= 11 is 0. The van der Waals surface area contributed by atoms with Crippen molar-refractivity contribution in [2.24, 2.45) is 5.92 Å². The quantitative estimate of drug-likeness (QED) is 0.793. The third kappa shape index (κ3) is 3.22. The SMILES string of the molecule is CNC(=O)C1CCC(NC(=O)c2ccc3[nH]c4c(c3c2)CCCC4)CC1. The summed E-state index contributed by atoms with van der Waals surface area (Å²) in [6.45, 7) is 0. The molecule has 1 saturated carbocycles. The van der Waals surface area contributed by atoms with Crippen LogP contribution >= 0.6 is 0 Å². The maximum atomic E-state index is 12.7. The fraction of sp³-hybridized carbons (Fsp3) is 0.524. The fourth-order valence-corrected chi connectivity index (χ4v) is 4.52. The Morgan fingerprint density at radius 3 is 2.62 bits per heavy atom. The van der Waals surface area contributed by atoms with Gasteiger partial charge in [0.2, 0.25) is 5.91 Å². The van der Waals surface area contributed by atoms with Crippen LogP contribution in [-0.4, -0.2) is 29.9 Å². The maximum absolute atomic E-state index is 12.7. The van der Waals surface area contributed by atoms with Crippen LogP contribution in [0.1, 0.15) is 60.1 Å². The van der Waals surface area contributed by atoms with Gasteiger partial charge in [0.1, 0.15) is 0 Å². The molecule has 138 valence electrons. The zero-order valence-corrected chi connectivity index (χ0v) is 15.4. The van der Waals surface area contributed by atoms with Gasteiger partial charge in [0, 0.05) is 41.2 Å². The molecule has 26 heavy (non-hydrogen) atoms. The van der Waals surface area contributed by atoms with Crippen LogP contribution in [0.25, 0.3) is 10.9 Å². The van der Waals surface area contributed by atoms with E-state index in [0.717, 1.165) is 49.6 Å². The number of aryl methyl sites for hydroxylation is 2. The minimum Gasteiger partial charge on any atom is -0.359 e. The number of carbonyl (C=O) groups excluding carboxylic acids is 2. The van der Waals surface area contributed by atoms with Gasteiger partial charge in [-0.05, 0) is 75.1 Å². The topological polar surface area (TPSA) is 74.0 Å². The second-order valence-electron chi connectivity index (χ2n) is 7.69. The number of hydrogen-bond acceptors (Lipinski definition) is 2. The first-order chi connectivity index (χ1) is 12.7. The average molecular weight is 353 g/mol. The van der Waals surface area contributed by atoms with E-state index >= 15 is 0 Å². The van der Waals surface area contributed by atoms with E-state index in [1.165, 1.54) is 29.5 Å². The minimum atomic E-state index is 0.000975. The largest absolute Gasteiger partial charge is 0.359 e. The predicted octanol–water partition coefficient (Wildman–Crippen LogP) is 3.08. The molecule has 1 heterocycles. The number of aromatic nitrogens is 1. The normalized spacial score (nSPS) is 22.7. The van der Waals surface area contributed by atoms with E-state index in [9.17, 15) is 9.59 Å². The highest BCUT2D eigenvalue weighted by Crippen LogP contribution is 2.30. The van der Waals surface area contributed by atoms with Crippen LogP contribution in [0.2, 0.25) is 0 Å². The van der Waals surface area contributed by atoms with Gasteiger partial charge in [-0.25, -0.2) is 0 Å². The standard InChI is InChI=1S/C21H27N3O2/c1-22-20(25)13-6-9-15(10-7-13)23-21(26)14-8-11-19-17(12-14)16-4-2-3-5-18(16)24-19/h8,11-13,15,24H,2-7,9-10H2,1H3,(H,22,25)(H,23,26). The van der Waals surface area contributed by atoms with E-state index < -0.39 is 0 Å². The molecular formula is C21H27N3O2.